The van der Waals surface area contributed by atoms with Gasteiger partial charge in [0.2, 0.25) is 0 Å². The third-order valence-electron chi connectivity index (χ3n) is 2.56. The number of fused-ring (bicyclic) bond motifs is 1. The minimum absolute atomic E-state index is 0. The van der Waals surface area contributed by atoms with Gasteiger partial charge in [-0.2, -0.15) is 0 Å². The van der Waals surface area contributed by atoms with Gasteiger partial charge in [0.05, 0.1) is 5.69 Å². The molecule has 2 rings (SSSR count). The summed E-state index contributed by atoms with van der Waals surface area (Å²) in [4.78, 5) is 4.34. The van der Waals surface area contributed by atoms with Crippen LogP contribution in [0, 0.1) is 0 Å². The predicted octanol–water partition coefficient (Wildman–Crippen LogP) is 2.78. The quantitative estimate of drug-likeness (QED) is 0.731. The van der Waals surface area contributed by atoms with Gasteiger partial charge in [0, 0.05) is 18.0 Å². The van der Waals surface area contributed by atoms with Crippen molar-refractivity contribution in [1.29, 1.82) is 0 Å². The van der Waals surface area contributed by atoms with E-state index in [-0.39, 0.29) is 18.9 Å². The maximum absolute atomic E-state index is 9.70. The second kappa shape index (κ2) is 5.69. The van der Waals surface area contributed by atoms with Crippen molar-refractivity contribution >= 4 is 10.9 Å². The number of hydrogen-bond acceptors (Lipinski definition) is 4. The van der Waals surface area contributed by atoms with Crippen LogP contribution in [-0.2, 0) is 6.54 Å². The Morgan fingerprint density at radius 2 is 1.78 bits per heavy atom. The van der Waals surface area contributed by atoms with Gasteiger partial charge in [-0.05, 0) is 24.3 Å². The fraction of sp³-hybridized carbons (Fsp3) is 0.357. The number of phenolic OH excluding ortho intramolecular Hbond substituents is 2. The van der Waals surface area contributed by atoms with Gasteiger partial charge in [-0.25, -0.2) is 4.98 Å². The molecule has 0 aliphatic rings. The van der Waals surface area contributed by atoms with E-state index in [0.717, 1.165) is 5.69 Å². The van der Waals surface area contributed by atoms with Crippen molar-refractivity contribution in [3.8, 4) is 11.5 Å². The van der Waals surface area contributed by atoms with Crippen LogP contribution in [0.3, 0.4) is 0 Å². The van der Waals surface area contributed by atoms with Crippen LogP contribution in [0.25, 0.3) is 10.9 Å². The molecule has 0 radical (unpaired) electrons. The molecule has 1 heterocycles. The molecular formula is C14H20N2O2. The zero-order valence-corrected chi connectivity index (χ0v) is 9.94. The molecule has 0 bridgehead atoms. The second-order valence-electron chi connectivity index (χ2n) is 4.34. The number of benzene rings is 1. The largest absolute Gasteiger partial charge is 0.507 e. The van der Waals surface area contributed by atoms with E-state index in [9.17, 15) is 10.2 Å². The molecule has 18 heavy (non-hydrogen) atoms. The summed E-state index contributed by atoms with van der Waals surface area (Å²) in [6, 6.07) is 6.91. The Hall–Kier alpha value is -1.81. The van der Waals surface area contributed by atoms with Crippen molar-refractivity contribution in [1.82, 2.24) is 10.3 Å². The van der Waals surface area contributed by atoms with Gasteiger partial charge >= 0.3 is 0 Å². The molecule has 0 saturated carbocycles. The molecular weight excluding hydrogens is 228 g/mol. The minimum atomic E-state index is 0. The van der Waals surface area contributed by atoms with Crippen molar-refractivity contribution in [2.75, 3.05) is 0 Å². The summed E-state index contributed by atoms with van der Waals surface area (Å²) in [7, 11) is 0. The Balaban J connectivity index is 0.00000162. The zero-order valence-electron chi connectivity index (χ0n) is 9.94. The average Bonchev–Trinajstić information content (AvgIpc) is 2.31. The first-order valence-electron chi connectivity index (χ1n) is 5.62. The summed E-state index contributed by atoms with van der Waals surface area (Å²) in [6.45, 7) is 4.76. The molecule has 98 valence electrons. The monoisotopic (exact) mass is 248 g/mol. The third-order valence-corrected chi connectivity index (χ3v) is 2.56. The highest BCUT2D eigenvalue weighted by molar-refractivity contribution is 5.89. The number of aromatic nitrogens is 1. The van der Waals surface area contributed by atoms with E-state index in [4.69, 9.17) is 0 Å². The molecule has 3 N–H and O–H groups in total. The van der Waals surface area contributed by atoms with E-state index in [0.29, 0.717) is 23.5 Å². The van der Waals surface area contributed by atoms with Crippen LogP contribution in [0.15, 0.2) is 24.3 Å². The first-order chi connectivity index (χ1) is 8.08. The summed E-state index contributed by atoms with van der Waals surface area (Å²) in [5.74, 6) is 0.220. The molecule has 0 aliphatic carbocycles. The molecule has 4 nitrogen and oxygen atoms in total. The van der Waals surface area contributed by atoms with Crippen molar-refractivity contribution in [2.24, 2.45) is 0 Å². The van der Waals surface area contributed by atoms with Gasteiger partial charge in [0.15, 0.2) is 0 Å². The zero-order chi connectivity index (χ0) is 12.4. The van der Waals surface area contributed by atoms with Crippen LogP contribution in [0.4, 0.5) is 0 Å². The van der Waals surface area contributed by atoms with Crippen molar-refractivity contribution in [3.05, 3.63) is 30.0 Å². The van der Waals surface area contributed by atoms with E-state index in [1.165, 1.54) is 12.1 Å². The molecule has 2 aromatic rings. The highest BCUT2D eigenvalue weighted by Crippen LogP contribution is 2.30. The van der Waals surface area contributed by atoms with Crippen LogP contribution >= 0.6 is 0 Å². The molecule has 0 fully saturated rings. The lowest BCUT2D eigenvalue weighted by Crippen LogP contribution is -2.22. The summed E-state index contributed by atoms with van der Waals surface area (Å²) in [6.07, 6.45) is 0. The number of hydrogen-bond donors (Lipinski definition) is 3. The number of phenols is 2. The Morgan fingerprint density at radius 1 is 1.11 bits per heavy atom. The highest BCUT2D eigenvalue weighted by Gasteiger charge is 2.07. The van der Waals surface area contributed by atoms with Crippen LogP contribution in [0.2, 0.25) is 0 Å². The van der Waals surface area contributed by atoms with E-state index in [1.807, 2.05) is 6.07 Å². The topological polar surface area (TPSA) is 65.4 Å². The van der Waals surface area contributed by atoms with Crippen LogP contribution in [-0.4, -0.2) is 21.2 Å². The molecule has 0 amide bonds. The molecule has 0 saturated heterocycles. The Kier molecular flexibility index (Phi) is 4.50. The molecule has 0 aliphatic heterocycles. The lowest BCUT2D eigenvalue weighted by Gasteiger charge is -2.09. The number of rotatable bonds is 3. The maximum atomic E-state index is 9.70. The predicted molar refractivity (Wildman–Crippen MR) is 73.8 cm³/mol. The van der Waals surface area contributed by atoms with E-state index < -0.39 is 0 Å². The Bertz CT molecular complexity index is 539. The first-order valence-corrected chi connectivity index (χ1v) is 5.62. The minimum Gasteiger partial charge on any atom is -0.507 e. The second-order valence-corrected chi connectivity index (χ2v) is 4.34. The molecule has 1 aromatic carbocycles. The maximum Gasteiger partial charge on any atom is 0.142 e. The molecule has 0 unspecified atom stereocenters. The van der Waals surface area contributed by atoms with Gasteiger partial charge in [0.1, 0.15) is 17.0 Å². The van der Waals surface area contributed by atoms with Gasteiger partial charge < -0.3 is 15.5 Å². The number of aromatic hydroxyl groups is 2. The molecule has 4 heteroatoms. The first kappa shape index (κ1) is 14.3. The molecule has 1 aromatic heterocycles. The van der Waals surface area contributed by atoms with E-state index in [2.05, 4.69) is 24.1 Å². The van der Waals surface area contributed by atoms with Gasteiger partial charge in [-0.1, -0.05) is 21.3 Å². The number of nitrogens with one attached hydrogen (secondary N) is 1. The number of pyridine rings is 1. The molecule has 0 spiro atoms. The van der Waals surface area contributed by atoms with Gasteiger partial charge in [-0.3, -0.25) is 0 Å². The van der Waals surface area contributed by atoms with E-state index >= 15 is 0 Å². The lowest BCUT2D eigenvalue weighted by molar-refractivity contribution is 0.468. The number of nitrogens with zero attached hydrogens (tertiary/aromatic N) is 1. The van der Waals surface area contributed by atoms with Gasteiger partial charge in [-0.15, -0.1) is 0 Å². The standard InChI is InChI=1S/C13H16N2O2.CH4/c1-8(2)14-7-9-3-4-10-11(16)5-6-12(17)13(10)15-9;/h3-6,8,14,16-17H,7H2,1-2H3;1H4. The van der Waals surface area contributed by atoms with Crippen molar-refractivity contribution in [3.63, 3.8) is 0 Å². The Labute approximate surface area is 107 Å². The summed E-state index contributed by atoms with van der Waals surface area (Å²) < 4.78 is 0. The summed E-state index contributed by atoms with van der Waals surface area (Å²) >= 11 is 0. The molecule has 0 atom stereocenters. The Morgan fingerprint density at radius 3 is 2.44 bits per heavy atom. The average molecular weight is 248 g/mol. The van der Waals surface area contributed by atoms with Crippen molar-refractivity contribution < 1.29 is 10.2 Å². The van der Waals surface area contributed by atoms with Crippen molar-refractivity contribution in [2.45, 2.75) is 33.9 Å². The van der Waals surface area contributed by atoms with Gasteiger partial charge in [0.25, 0.3) is 0 Å². The van der Waals surface area contributed by atoms with Crippen LogP contribution < -0.4 is 5.32 Å². The smallest absolute Gasteiger partial charge is 0.142 e. The third kappa shape index (κ3) is 2.90. The highest BCUT2D eigenvalue weighted by atomic mass is 16.3. The van der Waals surface area contributed by atoms with E-state index in [1.54, 1.807) is 6.07 Å². The SMILES string of the molecule is C.CC(C)NCc1ccc2c(O)ccc(O)c2n1. The fourth-order valence-electron chi connectivity index (χ4n) is 1.64. The summed E-state index contributed by atoms with van der Waals surface area (Å²) in [5, 5.41) is 23.2. The lowest BCUT2D eigenvalue weighted by atomic mass is 10.1. The fourth-order valence-corrected chi connectivity index (χ4v) is 1.64. The normalized spacial score (nSPS) is 10.6. The van der Waals surface area contributed by atoms with Crippen LogP contribution in [0.1, 0.15) is 27.0 Å². The van der Waals surface area contributed by atoms with Crippen LogP contribution in [0.5, 0.6) is 11.5 Å². The summed E-state index contributed by atoms with van der Waals surface area (Å²) in [5.41, 5.74) is 1.28.